The number of halogens is 5. The van der Waals surface area contributed by atoms with Crippen LogP contribution in [0.4, 0.5) is 26.7 Å². The molecule has 0 aliphatic carbocycles. The summed E-state index contributed by atoms with van der Waals surface area (Å²) in [5.74, 6) is -1.62. The van der Waals surface area contributed by atoms with Crippen molar-refractivity contribution in [3.63, 3.8) is 0 Å². The van der Waals surface area contributed by atoms with Crippen molar-refractivity contribution in [3.05, 3.63) is 23.8 Å². The fourth-order valence-electron chi connectivity index (χ4n) is 2.94. The van der Waals surface area contributed by atoms with E-state index >= 15 is 0 Å². The van der Waals surface area contributed by atoms with Crippen LogP contribution in [-0.4, -0.2) is 43.9 Å². The van der Waals surface area contributed by atoms with Gasteiger partial charge in [-0.05, 0) is 37.5 Å². The van der Waals surface area contributed by atoms with E-state index in [1.807, 2.05) is 0 Å². The van der Waals surface area contributed by atoms with Crippen molar-refractivity contribution in [2.24, 2.45) is 5.92 Å². The average molecular weight is 396 g/mol. The lowest BCUT2D eigenvalue weighted by atomic mass is 9.98. The standard InChI is InChI=1S/C17H21F5N2O3/c1-10(11-5-6-13(27-15(18)19)14(8-11)26-2)23-16(25)24-7-3-4-12(9-24)17(20,21)22/h5-6,8,10,12,15H,3-4,7,9H2,1-2H3,(H,23,25)/t10?,12-/m0/s1. The van der Waals surface area contributed by atoms with Crippen molar-refractivity contribution < 1.29 is 36.2 Å². The molecule has 0 radical (unpaired) electrons. The second kappa shape index (κ2) is 8.62. The van der Waals surface area contributed by atoms with E-state index in [1.54, 1.807) is 6.92 Å². The Morgan fingerprint density at radius 3 is 2.59 bits per heavy atom. The van der Waals surface area contributed by atoms with Crippen molar-refractivity contribution in [1.29, 1.82) is 0 Å². The van der Waals surface area contributed by atoms with E-state index in [2.05, 4.69) is 10.1 Å². The largest absolute Gasteiger partial charge is 0.493 e. The van der Waals surface area contributed by atoms with Gasteiger partial charge in [0.05, 0.1) is 19.1 Å². The second-order valence-electron chi connectivity index (χ2n) is 6.29. The summed E-state index contributed by atoms with van der Waals surface area (Å²) in [6, 6.07) is 3.00. The van der Waals surface area contributed by atoms with Crippen LogP contribution in [0.15, 0.2) is 18.2 Å². The van der Waals surface area contributed by atoms with E-state index in [1.165, 1.54) is 25.3 Å². The lowest BCUT2D eigenvalue weighted by Gasteiger charge is -2.34. The van der Waals surface area contributed by atoms with E-state index in [4.69, 9.17) is 4.74 Å². The van der Waals surface area contributed by atoms with Crippen LogP contribution >= 0.6 is 0 Å². The molecule has 1 N–H and O–H groups in total. The summed E-state index contributed by atoms with van der Waals surface area (Å²) < 4.78 is 72.7. The number of hydrogen-bond donors (Lipinski definition) is 1. The van der Waals surface area contributed by atoms with Gasteiger partial charge in [0.15, 0.2) is 11.5 Å². The van der Waals surface area contributed by atoms with Gasteiger partial charge in [-0.25, -0.2) is 4.79 Å². The molecule has 2 rings (SSSR count). The SMILES string of the molecule is COc1cc(C(C)NC(=O)N2CCC[C@H](C(F)(F)F)C2)ccc1OC(F)F. The maximum atomic E-state index is 12.9. The Kier molecular flexibility index (Phi) is 6.72. The Morgan fingerprint density at radius 1 is 1.30 bits per heavy atom. The fraction of sp³-hybridized carbons (Fsp3) is 0.588. The molecule has 5 nitrogen and oxygen atoms in total. The Hall–Kier alpha value is -2.26. The number of methoxy groups -OCH3 is 1. The van der Waals surface area contributed by atoms with Gasteiger partial charge in [0.1, 0.15) is 0 Å². The molecule has 1 aliphatic heterocycles. The number of nitrogens with zero attached hydrogens (tertiary/aromatic N) is 1. The Balaban J connectivity index is 2.03. The zero-order valence-electron chi connectivity index (χ0n) is 14.9. The summed E-state index contributed by atoms with van der Waals surface area (Å²) in [5.41, 5.74) is 0.534. The Labute approximate surface area is 153 Å². The third kappa shape index (κ3) is 5.61. The van der Waals surface area contributed by atoms with Crippen LogP contribution in [0.3, 0.4) is 0 Å². The van der Waals surface area contributed by atoms with Crippen molar-refractivity contribution in [1.82, 2.24) is 10.2 Å². The van der Waals surface area contributed by atoms with Crippen molar-refractivity contribution in [3.8, 4) is 11.5 Å². The lowest BCUT2D eigenvalue weighted by Crippen LogP contribution is -2.48. The topological polar surface area (TPSA) is 50.8 Å². The summed E-state index contributed by atoms with van der Waals surface area (Å²) in [6.45, 7) is -1.52. The van der Waals surface area contributed by atoms with E-state index in [0.29, 0.717) is 5.56 Å². The van der Waals surface area contributed by atoms with E-state index in [-0.39, 0.29) is 37.4 Å². The molecule has 152 valence electrons. The van der Waals surface area contributed by atoms with Gasteiger partial charge in [0.2, 0.25) is 0 Å². The monoisotopic (exact) mass is 396 g/mol. The van der Waals surface area contributed by atoms with E-state index in [9.17, 15) is 26.7 Å². The molecular weight excluding hydrogens is 375 g/mol. The number of piperidine rings is 1. The molecule has 2 atom stereocenters. The first-order chi connectivity index (χ1) is 12.6. The number of benzene rings is 1. The minimum absolute atomic E-state index is 0.00559. The van der Waals surface area contributed by atoms with Gasteiger partial charge in [-0.15, -0.1) is 0 Å². The molecule has 2 amide bonds. The maximum Gasteiger partial charge on any atom is 0.393 e. The predicted molar refractivity (Wildman–Crippen MR) is 86.9 cm³/mol. The number of amides is 2. The number of rotatable bonds is 5. The molecule has 1 unspecified atom stereocenters. The van der Waals surface area contributed by atoms with Crippen LogP contribution in [0, 0.1) is 5.92 Å². The quantitative estimate of drug-likeness (QED) is 0.754. The van der Waals surface area contributed by atoms with Gasteiger partial charge in [0.25, 0.3) is 0 Å². The number of urea groups is 1. The number of alkyl halides is 5. The normalized spacial score (nSPS) is 19.0. The molecule has 1 fully saturated rings. The Morgan fingerprint density at radius 2 is 2.00 bits per heavy atom. The molecule has 0 bridgehead atoms. The molecule has 0 spiro atoms. The summed E-state index contributed by atoms with van der Waals surface area (Å²) in [4.78, 5) is 13.5. The van der Waals surface area contributed by atoms with Crippen LogP contribution in [0.25, 0.3) is 0 Å². The highest BCUT2D eigenvalue weighted by Gasteiger charge is 2.42. The summed E-state index contributed by atoms with van der Waals surface area (Å²) in [6.07, 6.45) is -4.05. The number of likely N-dealkylation sites (tertiary alicyclic amines) is 1. The van der Waals surface area contributed by atoms with Crippen molar-refractivity contribution >= 4 is 6.03 Å². The van der Waals surface area contributed by atoms with Gasteiger partial charge in [-0.2, -0.15) is 22.0 Å². The van der Waals surface area contributed by atoms with Crippen molar-refractivity contribution in [2.75, 3.05) is 20.2 Å². The van der Waals surface area contributed by atoms with Crippen molar-refractivity contribution in [2.45, 2.75) is 38.6 Å². The second-order valence-corrected chi connectivity index (χ2v) is 6.29. The van der Waals surface area contributed by atoms with Crippen LogP contribution < -0.4 is 14.8 Å². The number of carbonyl (C=O) groups is 1. The maximum absolute atomic E-state index is 12.9. The predicted octanol–water partition coefficient (Wildman–Crippen LogP) is 4.34. The van der Waals surface area contributed by atoms with Crippen LogP contribution in [0.2, 0.25) is 0 Å². The zero-order valence-corrected chi connectivity index (χ0v) is 14.9. The average Bonchev–Trinajstić information content (AvgIpc) is 2.60. The smallest absolute Gasteiger partial charge is 0.393 e. The summed E-state index contributed by atoms with van der Waals surface area (Å²) >= 11 is 0. The van der Waals surface area contributed by atoms with E-state index in [0.717, 1.165) is 4.90 Å². The van der Waals surface area contributed by atoms with Gasteiger partial charge in [0, 0.05) is 13.1 Å². The summed E-state index contributed by atoms with van der Waals surface area (Å²) in [7, 11) is 1.28. The van der Waals surface area contributed by atoms with Gasteiger partial charge >= 0.3 is 18.8 Å². The molecule has 1 saturated heterocycles. The molecule has 1 aromatic rings. The van der Waals surface area contributed by atoms with E-state index < -0.39 is 30.8 Å². The molecule has 1 heterocycles. The first kappa shape index (κ1) is 21.0. The number of hydrogen-bond acceptors (Lipinski definition) is 3. The molecule has 0 saturated carbocycles. The number of carbonyl (C=O) groups excluding carboxylic acids is 1. The van der Waals surface area contributed by atoms with Crippen LogP contribution in [0.1, 0.15) is 31.4 Å². The number of ether oxygens (including phenoxy) is 2. The molecule has 1 aromatic carbocycles. The minimum Gasteiger partial charge on any atom is -0.493 e. The molecule has 27 heavy (non-hydrogen) atoms. The molecular formula is C17H21F5N2O3. The van der Waals surface area contributed by atoms with Crippen LogP contribution in [-0.2, 0) is 0 Å². The van der Waals surface area contributed by atoms with Gasteiger partial charge in [-0.1, -0.05) is 6.07 Å². The first-order valence-electron chi connectivity index (χ1n) is 8.36. The fourth-order valence-corrected chi connectivity index (χ4v) is 2.94. The summed E-state index contributed by atoms with van der Waals surface area (Å²) in [5, 5.41) is 2.62. The minimum atomic E-state index is -4.33. The highest BCUT2D eigenvalue weighted by atomic mass is 19.4. The van der Waals surface area contributed by atoms with Gasteiger partial charge in [-0.3, -0.25) is 0 Å². The third-order valence-corrected chi connectivity index (χ3v) is 4.42. The highest BCUT2D eigenvalue weighted by molar-refractivity contribution is 5.75. The highest BCUT2D eigenvalue weighted by Crippen LogP contribution is 2.34. The first-order valence-corrected chi connectivity index (χ1v) is 8.36. The molecule has 1 aliphatic rings. The Bertz CT molecular complexity index is 654. The lowest BCUT2D eigenvalue weighted by molar-refractivity contribution is -0.184. The number of nitrogens with one attached hydrogen (secondary N) is 1. The zero-order chi connectivity index (χ0) is 20.2. The molecule has 10 heteroatoms. The van der Waals surface area contributed by atoms with Gasteiger partial charge < -0.3 is 19.7 Å². The third-order valence-electron chi connectivity index (χ3n) is 4.42. The molecule has 0 aromatic heterocycles. The van der Waals surface area contributed by atoms with Crippen LogP contribution in [0.5, 0.6) is 11.5 Å².